The highest BCUT2D eigenvalue weighted by molar-refractivity contribution is 5.83. The second kappa shape index (κ2) is 1.05. The maximum Gasteiger partial charge on any atom is 0.237 e. The summed E-state index contributed by atoms with van der Waals surface area (Å²) in [7, 11) is 0. The highest BCUT2D eigenvalue weighted by Gasteiger charge is 2.32. The van der Waals surface area contributed by atoms with Gasteiger partial charge in [-0.2, -0.15) is 0 Å². The lowest BCUT2D eigenvalue weighted by atomic mass is 10.2. The molecule has 3 nitrogen and oxygen atoms in total. The van der Waals surface area contributed by atoms with E-state index in [-0.39, 0.29) is 5.91 Å². The molecular formula is C5H5NO2. The van der Waals surface area contributed by atoms with Crippen LogP contribution in [0, 0.1) is 0 Å². The Bertz CT molecular complexity index is 171. The lowest BCUT2D eigenvalue weighted by molar-refractivity contribution is -0.137. The van der Waals surface area contributed by atoms with E-state index >= 15 is 0 Å². The second-order valence-electron chi connectivity index (χ2n) is 1.87. The molecule has 0 aromatic carbocycles. The molecule has 2 aliphatic heterocycles. The summed E-state index contributed by atoms with van der Waals surface area (Å²) < 4.78 is 4.68. The average molecular weight is 111 g/mol. The molecule has 2 rings (SSSR count). The van der Waals surface area contributed by atoms with Gasteiger partial charge in [0, 0.05) is 13.0 Å². The number of hydrogen-bond donors (Lipinski definition) is 0. The molecular weight excluding hydrogens is 106 g/mol. The van der Waals surface area contributed by atoms with Crippen LogP contribution in [0.25, 0.3) is 0 Å². The highest BCUT2D eigenvalue weighted by atomic mass is 16.6. The topological polar surface area (TPSA) is 32.8 Å². The Morgan fingerprint density at radius 2 is 2.50 bits per heavy atom. The number of rotatable bonds is 1. The van der Waals surface area contributed by atoms with Crippen LogP contribution in [0.15, 0.2) is 12.1 Å². The third-order valence-corrected chi connectivity index (χ3v) is 1.34. The first-order valence-electron chi connectivity index (χ1n) is 2.55. The molecule has 1 saturated heterocycles. The molecule has 0 N–H and O–H groups in total. The van der Waals surface area contributed by atoms with E-state index in [9.17, 15) is 4.79 Å². The van der Waals surface area contributed by atoms with Gasteiger partial charge in [0.25, 0.3) is 0 Å². The Hall–Kier alpha value is -0.990. The second-order valence-corrected chi connectivity index (χ2v) is 1.87. The number of ether oxygens (including phenoxy) is 1. The fraction of sp³-hybridized carbons (Fsp3) is 0.400. The van der Waals surface area contributed by atoms with Gasteiger partial charge in [0.1, 0.15) is 0 Å². The molecule has 0 saturated carbocycles. The van der Waals surface area contributed by atoms with Gasteiger partial charge >= 0.3 is 0 Å². The summed E-state index contributed by atoms with van der Waals surface area (Å²) in [5, 5.41) is 0. The van der Waals surface area contributed by atoms with Gasteiger partial charge < -0.3 is 4.74 Å². The fourth-order valence-electron chi connectivity index (χ4n) is 0.702. The molecule has 8 heavy (non-hydrogen) atoms. The number of β-lactam (4-membered cyclic amide) rings is 1. The standard InChI is InChI=1S/C5H5NO2/c7-4-1-2-6(4)5-3-8-5/h3H,1-2H2. The van der Waals surface area contributed by atoms with E-state index in [2.05, 4.69) is 4.74 Å². The molecule has 3 heteroatoms. The summed E-state index contributed by atoms with van der Waals surface area (Å²) in [4.78, 5) is 12.1. The normalized spacial score (nSPS) is 23.8. The summed E-state index contributed by atoms with van der Waals surface area (Å²) in [6.07, 6.45) is 2.26. The van der Waals surface area contributed by atoms with Crippen molar-refractivity contribution in [2.45, 2.75) is 6.42 Å². The fourth-order valence-corrected chi connectivity index (χ4v) is 0.702. The minimum absolute atomic E-state index is 0.175. The first-order chi connectivity index (χ1) is 3.88. The molecule has 0 unspecified atom stereocenters. The van der Waals surface area contributed by atoms with Crippen LogP contribution >= 0.6 is 0 Å². The summed E-state index contributed by atoms with van der Waals surface area (Å²) in [6.45, 7) is 0.838. The van der Waals surface area contributed by atoms with Gasteiger partial charge in [-0.3, -0.25) is 9.69 Å². The van der Waals surface area contributed by atoms with Crippen LogP contribution in [-0.2, 0) is 9.53 Å². The molecule has 0 aliphatic carbocycles. The molecule has 0 radical (unpaired) electrons. The Balaban J connectivity index is 2.06. The monoisotopic (exact) mass is 111 g/mol. The smallest absolute Gasteiger partial charge is 0.237 e. The van der Waals surface area contributed by atoms with Gasteiger partial charge in [-0.25, -0.2) is 0 Å². The first kappa shape index (κ1) is 3.95. The molecule has 0 bridgehead atoms. The molecule has 2 heterocycles. The molecule has 0 spiro atoms. The minimum Gasteiger partial charge on any atom is -0.440 e. The maximum atomic E-state index is 10.5. The number of hydrogen-bond acceptors (Lipinski definition) is 2. The lowest BCUT2D eigenvalue weighted by Crippen LogP contribution is -2.40. The van der Waals surface area contributed by atoms with Gasteiger partial charge in [0.2, 0.25) is 11.8 Å². The molecule has 0 aromatic heterocycles. The van der Waals surface area contributed by atoms with Crippen LogP contribution in [-0.4, -0.2) is 17.4 Å². The molecule has 1 amide bonds. The van der Waals surface area contributed by atoms with Crippen molar-refractivity contribution in [3.63, 3.8) is 0 Å². The molecule has 0 atom stereocenters. The third kappa shape index (κ3) is 0.358. The van der Waals surface area contributed by atoms with E-state index < -0.39 is 0 Å². The van der Waals surface area contributed by atoms with Crippen molar-refractivity contribution in [1.82, 2.24) is 4.90 Å². The Morgan fingerprint density at radius 3 is 2.62 bits per heavy atom. The number of carbonyl (C=O) groups excluding carboxylic acids is 1. The largest absolute Gasteiger partial charge is 0.440 e. The predicted molar refractivity (Wildman–Crippen MR) is 25.5 cm³/mol. The molecule has 1 fully saturated rings. The first-order valence-corrected chi connectivity index (χ1v) is 2.55. The third-order valence-electron chi connectivity index (χ3n) is 1.34. The lowest BCUT2D eigenvalue weighted by Gasteiger charge is -2.25. The van der Waals surface area contributed by atoms with E-state index in [0.717, 1.165) is 12.4 Å². The average Bonchev–Trinajstić information content (AvgIpc) is 2.46. The summed E-state index contributed by atoms with van der Waals surface area (Å²) >= 11 is 0. The van der Waals surface area contributed by atoms with E-state index in [1.807, 2.05) is 0 Å². The minimum atomic E-state index is 0.175. The summed E-state index contributed by atoms with van der Waals surface area (Å²) in [5.41, 5.74) is 0. The zero-order valence-electron chi connectivity index (χ0n) is 4.26. The number of amides is 1. The van der Waals surface area contributed by atoms with E-state index in [4.69, 9.17) is 0 Å². The van der Waals surface area contributed by atoms with Crippen molar-refractivity contribution in [3.05, 3.63) is 12.1 Å². The zero-order chi connectivity index (χ0) is 5.56. The quantitative estimate of drug-likeness (QED) is 0.448. The van der Waals surface area contributed by atoms with Crippen LogP contribution < -0.4 is 0 Å². The van der Waals surface area contributed by atoms with Gasteiger partial charge in [-0.05, 0) is 0 Å². The Labute approximate surface area is 46.5 Å². The SMILES string of the molecule is O=C1CCN1C1=CO1. The van der Waals surface area contributed by atoms with E-state index in [1.54, 1.807) is 11.2 Å². The number of likely N-dealkylation sites (tertiary alicyclic amines) is 1. The summed E-state index contributed by atoms with van der Waals surface area (Å²) in [6, 6.07) is 0. The van der Waals surface area contributed by atoms with Crippen molar-refractivity contribution in [2.24, 2.45) is 0 Å². The van der Waals surface area contributed by atoms with Crippen LogP contribution in [0.2, 0.25) is 0 Å². The van der Waals surface area contributed by atoms with Crippen molar-refractivity contribution >= 4 is 5.91 Å². The zero-order valence-corrected chi connectivity index (χ0v) is 4.26. The van der Waals surface area contributed by atoms with Crippen LogP contribution in [0.4, 0.5) is 0 Å². The van der Waals surface area contributed by atoms with Crippen molar-refractivity contribution in [2.75, 3.05) is 6.54 Å². The van der Waals surface area contributed by atoms with E-state index in [1.165, 1.54) is 0 Å². The van der Waals surface area contributed by atoms with Crippen LogP contribution in [0.1, 0.15) is 6.42 Å². The van der Waals surface area contributed by atoms with Crippen LogP contribution in [0.3, 0.4) is 0 Å². The van der Waals surface area contributed by atoms with E-state index in [0.29, 0.717) is 6.42 Å². The maximum absolute atomic E-state index is 10.5. The van der Waals surface area contributed by atoms with Crippen molar-refractivity contribution < 1.29 is 9.53 Å². The van der Waals surface area contributed by atoms with Gasteiger partial charge in [-0.1, -0.05) is 0 Å². The van der Waals surface area contributed by atoms with Gasteiger partial charge in [0.05, 0.1) is 0 Å². The van der Waals surface area contributed by atoms with Crippen molar-refractivity contribution in [1.29, 1.82) is 0 Å². The predicted octanol–water partition coefficient (Wildman–Crippen LogP) is 0.0478. The highest BCUT2D eigenvalue weighted by Crippen LogP contribution is 2.24. The van der Waals surface area contributed by atoms with Crippen LogP contribution in [0.5, 0.6) is 0 Å². The molecule has 0 aromatic rings. The Kier molecular flexibility index (Phi) is 0.516. The van der Waals surface area contributed by atoms with Gasteiger partial charge in [0.15, 0.2) is 6.26 Å². The Morgan fingerprint density at radius 1 is 1.75 bits per heavy atom. The summed E-state index contributed by atoms with van der Waals surface area (Å²) in [5.74, 6) is 0.912. The molecule has 42 valence electrons. The van der Waals surface area contributed by atoms with Crippen molar-refractivity contribution in [3.8, 4) is 0 Å². The number of nitrogens with zero attached hydrogens (tertiary/aromatic N) is 1. The number of carbonyl (C=O) groups is 1. The van der Waals surface area contributed by atoms with Gasteiger partial charge in [-0.15, -0.1) is 0 Å². The molecule has 2 aliphatic rings.